The summed E-state index contributed by atoms with van der Waals surface area (Å²) < 4.78 is 33.4. The molecular weight excluding hydrogens is 376 g/mol. The van der Waals surface area contributed by atoms with Crippen LogP contribution >= 0.6 is 0 Å². The van der Waals surface area contributed by atoms with E-state index in [1.165, 1.54) is 0 Å². The Kier molecular flexibility index (Phi) is 5.76. The second kappa shape index (κ2) is 7.93. The molecule has 2 aromatic carbocycles. The molecule has 1 aliphatic rings. The molecule has 2 atom stereocenters. The van der Waals surface area contributed by atoms with E-state index >= 15 is 0 Å². The Balaban J connectivity index is 1.73. The van der Waals surface area contributed by atoms with Crippen LogP contribution in [0, 0.1) is 13.8 Å². The predicted octanol–water partition coefficient (Wildman–Crippen LogP) is 3.35. The van der Waals surface area contributed by atoms with Gasteiger partial charge in [0, 0.05) is 24.3 Å². The first kappa shape index (κ1) is 20.4. The van der Waals surface area contributed by atoms with Gasteiger partial charge in [0.15, 0.2) is 0 Å². The van der Waals surface area contributed by atoms with E-state index in [0.717, 1.165) is 11.1 Å². The fraction of sp³-hybridized carbons (Fsp3) is 0.381. The number of ether oxygens (including phenoxy) is 1. The van der Waals surface area contributed by atoms with Crippen molar-refractivity contribution >= 4 is 21.6 Å². The number of amides is 1. The van der Waals surface area contributed by atoms with Crippen LogP contribution in [0.5, 0.6) is 0 Å². The van der Waals surface area contributed by atoms with Crippen LogP contribution in [-0.4, -0.2) is 44.5 Å². The molecule has 7 heteroatoms. The molecule has 1 saturated heterocycles. The van der Waals surface area contributed by atoms with E-state index in [1.807, 2.05) is 27.7 Å². The molecule has 3 rings (SSSR count). The summed E-state index contributed by atoms with van der Waals surface area (Å²) in [6.07, 6.45) is -0.00602. The van der Waals surface area contributed by atoms with Crippen molar-refractivity contribution in [3.8, 4) is 0 Å². The summed E-state index contributed by atoms with van der Waals surface area (Å²) in [6.45, 7) is 8.79. The number of aryl methyl sites for hydroxylation is 2. The van der Waals surface area contributed by atoms with E-state index in [9.17, 15) is 13.2 Å². The molecule has 1 amide bonds. The fourth-order valence-corrected chi connectivity index (χ4v) is 4.45. The molecule has 0 saturated carbocycles. The van der Waals surface area contributed by atoms with Gasteiger partial charge >= 0.3 is 0 Å². The van der Waals surface area contributed by atoms with Gasteiger partial charge in [0.05, 0.1) is 17.1 Å². The van der Waals surface area contributed by atoms with Crippen LogP contribution in [0.15, 0.2) is 47.4 Å². The summed E-state index contributed by atoms with van der Waals surface area (Å²) >= 11 is 0. The van der Waals surface area contributed by atoms with Gasteiger partial charge < -0.3 is 9.64 Å². The first-order chi connectivity index (χ1) is 13.2. The van der Waals surface area contributed by atoms with Crippen molar-refractivity contribution in [2.45, 2.75) is 44.8 Å². The third-order valence-electron chi connectivity index (χ3n) is 4.88. The van der Waals surface area contributed by atoms with Gasteiger partial charge in [-0.05, 0) is 75.2 Å². The number of hydrogen-bond donors (Lipinski definition) is 1. The van der Waals surface area contributed by atoms with Crippen LogP contribution in [-0.2, 0) is 14.8 Å². The molecule has 0 unspecified atom stereocenters. The molecule has 0 bridgehead atoms. The molecule has 28 heavy (non-hydrogen) atoms. The average Bonchev–Trinajstić information content (AvgIpc) is 2.63. The van der Waals surface area contributed by atoms with Gasteiger partial charge in [0.1, 0.15) is 0 Å². The SMILES string of the molecule is Cc1ccc(S(=O)(=O)Nc2ccc(C(=O)N3C[C@@H](C)O[C@@H](C)C3)cc2)cc1C. The van der Waals surface area contributed by atoms with E-state index in [4.69, 9.17) is 4.74 Å². The highest BCUT2D eigenvalue weighted by Gasteiger charge is 2.26. The number of carbonyl (C=O) groups is 1. The molecule has 1 N–H and O–H groups in total. The van der Waals surface area contributed by atoms with Crippen LogP contribution in [0.4, 0.5) is 5.69 Å². The standard InChI is InChI=1S/C21H26N2O4S/c1-14-5-10-20(11-15(14)2)28(25,26)22-19-8-6-18(7-9-19)21(24)23-12-16(3)27-17(4)13-23/h5-11,16-17,22H,12-13H2,1-4H3/t16-,17+. The second-order valence-electron chi connectivity index (χ2n) is 7.40. The smallest absolute Gasteiger partial charge is 0.261 e. The largest absolute Gasteiger partial charge is 0.372 e. The lowest BCUT2D eigenvalue weighted by Gasteiger charge is -2.35. The Bertz CT molecular complexity index is 960. The predicted molar refractivity (Wildman–Crippen MR) is 109 cm³/mol. The number of benzene rings is 2. The molecule has 6 nitrogen and oxygen atoms in total. The van der Waals surface area contributed by atoms with Crippen molar-refractivity contribution in [3.63, 3.8) is 0 Å². The highest BCUT2D eigenvalue weighted by atomic mass is 32.2. The summed E-state index contributed by atoms with van der Waals surface area (Å²) in [7, 11) is -3.68. The Hall–Kier alpha value is -2.38. The number of anilines is 1. The maximum Gasteiger partial charge on any atom is 0.261 e. The molecule has 1 aliphatic heterocycles. The lowest BCUT2D eigenvalue weighted by Crippen LogP contribution is -2.48. The van der Waals surface area contributed by atoms with Crippen LogP contribution in [0.3, 0.4) is 0 Å². The quantitative estimate of drug-likeness (QED) is 0.851. The first-order valence-electron chi connectivity index (χ1n) is 9.30. The van der Waals surface area contributed by atoms with Crippen molar-refractivity contribution in [2.75, 3.05) is 17.8 Å². The number of rotatable bonds is 4. The summed E-state index contributed by atoms with van der Waals surface area (Å²) in [6, 6.07) is 11.5. The maximum atomic E-state index is 12.7. The van der Waals surface area contributed by atoms with E-state index in [1.54, 1.807) is 47.4 Å². The zero-order valence-electron chi connectivity index (χ0n) is 16.6. The zero-order valence-corrected chi connectivity index (χ0v) is 17.4. The number of morpholine rings is 1. The van der Waals surface area contributed by atoms with Crippen LogP contribution < -0.4 is 4.72 Å². The van der Waals surface area contributed by atoms with Crippen LogP contribution in [0.2, 0.25) is 0 Å². The summed E-state index contributed by atoms with van der Waals surface area (Å²) in [4.78, 5) is 14.7. The lowest BCUT2D eigenvalue weighted by molar-refractivity contribution is -0.0586. The van der Waals surface area contributed by atoms with Crippen LogP contribution in [0.1, 0.15) is 35.3 Å². The van der Waals surface area contributed by atoms with Gasteiger partial charge in [-0.2, -0.15) is 0 Å². The van der Waals surface area contributed by atoms with Gasteiger partial charge in [-0.1, -0.05) is 6.07 Å². The van der Waals surface area contributed by atoms with Crippen molar-refractivity contribution in [3.05, 3.63) is 59.2 Å². The Labute approximate surface area is 166 Å². The Morgan fingerprint density at radius 1 is 1.00 bits per heavy atom. The van der Waals surface area contributed by atoms with E-state index in [-0.39, 0.29) is 23.0 Å². The molecule has 0 radical (unpaired) electrons. The molecular formula is C21H26N2O4S. The van der Waals surface area contributed by atoms with Crippen molar-refractivity contribution in [1.29, 1.82) is 0 Å². The molecule has 0 aromatic heterocycles. The molecule has 1 heterocycles. The van der Waals surface area contributed by atoms with Gasteiger partial charge in [-0.15, -0.1) is 0 Å². The topological polar surface area (TPSA) is 75.7 Å². The summed E-state index contributed by atoms with van der Waals surface area (Å²) in [5.74, 6) is -0.0782. The molecule has 0 spiro atoms. The lowest BCUT2D eigenvalue weighted by atomic mass is 10.1. The number of sulfonamides is 1. The van der Waals surface area contributed by atoms with Gasteiger partial charge in [-0.3, -0.25) is 9.52 Å². The third-order valence-corrected chi connectivity index (χ3v) is 6.26. The highest BCUT2D eigenvalue weighted by Crippen LogP contribution is 2.20. The minimum absolute atomic E-state index is 0.00301. The Morgan fingerprint density at radius 3 is 2.18 bits per heavy atom. The molecule has 0 aliphatic carbocycles. The van der Waals surface area contributed by atoms with Crippen molar-refractivity contribution < 1.29 is 17.9 Å². The number of hydrogen-bond acceptors (Lipinski definition) is 4. The van der Waals surface area contributed by atoms with Gasteiger partial charge in [-0.25, -0.2) is 8.42 Å². The maximum absolute atomic E-state index is 12.7. The number of nitrogens with one attached hydrogen (secondary N) is 1. The van der Waals surface area contributed by atoms with E-state index in [0.29, 0.717) is 24.3 Å². The summed E-state index contributed by atoms with van der Waals surface area (Å²) in [5.41, 5.74) is 2.89. The molecule has 1 fully saturated rings. The molecule has 2 aromatic rings. The van der Waals surface area contributed by atoms with Crippen LogP contribution in [0.25, 0.3) is 0 Å². The average molecular weight is 403 g/mol. The number of carbonyl (C=O) groups excluding carboxylic acids is 1. The normalized spacial score (nSPS) is 20.1. The van der Waals surface area contributed by atoms with Crippen molar-refractivity contribution in [2.24, 2.45) is 0 Å². The second-order valence-corrected chi connectivity index (χ2v) is 9.08. The van der Waals surface area contributed by atoms with E-state index < -0.39 is 10.0 Å². The first-order valence-corrected chi connectivity index (χ1v) is 10.8. The summed E-state index contributed by atoms with van der Waals surface area (Å²) in [5, 5.41) is 0. The zero-order chi connectivity index (χ0) is 20.5. The monoisotopic (exact) mass is 402 g/mol. The van der Waals surface area contributed by atoms with Gasteiger partial charge in [0.2, 0.25) is 0 Å². The van der Waals surface area contributed by atoms with Crippen molar-refractivity contribution in [1.82, 2.24) is 4.90 Å². The molecule has 150 valence electrons. The highest BCUT2D eigenvalue weighted by molar-refractivity contribution is 7.92. The van der Waals surface area contributed by atoms with E-state index in [2.05, 4.69) is 4.72 Å². The number of nitrogens with zero attached hydrogens (tertiary/aromatic N) is 1. The fourth-order valence-electron chi connectivity index (χ4n) is 3.30. The van der Waals surface area contributed by atoms with Gasteiger partial charge in [0.25, 0.3) is 15.9 Å². The minimum atomic E-state index is -3.68. The third kappa shape index (κ3) is 4.54. The Morgan fingerprint density at radius 2 is 1.61 bits per heavy atom. The minimum Gasteiger partial charge on any atom is -0.372 e.